The summed E-state index contributed by atoms with van der Waals surface area (Å²) in [6.45, 7) is 6.74. The second-order valence-electron chi connectivity index (χ2n) is 5.44. The van der Waals surface area contributed by atoms with E-state index in [9.17, 15) is 0 Å². The quantitative estimate of drug-likeness (QED) is 0.606. The first-order chi connectivity index (χ1) is 8.70. The molecule has 1 heterocycles. The number of rotatable bonds is 3. The van der Waals surface area contributed by atoms with Crippen molar-refractivity contribution < 1.29 is 9.47 Å². The predicted octanol–water partition coefficient (Wildman–Crippen LogP) is 4.22. The number of fused-ring (bicyclic) bond motifs is 1. The van der Waals surface area contributed by atoms with Crippen molar-refractivity contribution in [2.45, 2.75) is 39.6 Å². The summed E-state index contributed by atoms with van der Waals surface area (Å²) < 4.78 is 11.8. The Balaban J connectivity index is 2.24. The Morgan fingerprint density at radius 3 is 2.58 bits per heavy atom. The monoisotopic (exact) mass is 338 g/mol. The highest BCUT2D eigenvalue weighted by Gasteiger charge is 2.35. The summed E-state index contributed by atoms with van der Waals surface area (Å²) in [5.74, 6) is 0.751. The summed E-state index contributed by atoms with van der Waals surface area (Å²) in [7, 11) is 0. The van der Waals surface area contributed by atoms with E-state index >= 15 is 0 Å². The number of hydrogen-bond acceptors (Lipinski definition) is 2. The van der Waals surface area contributed by atoms with Crippen LogP contribution in [-0.4, -0.2) is 11.8 Å². The van der Waals surface area contributed by atoms with E-state index in [1.54, 1.807) is 0 Å². The Bertz CT molecular complexity index is 473. The van der Waals surface area contributed by atoms with Crippen LogP contribution in [0.2, 0.25) is 0 Å². The lowest BCUT2D eigenvalue weighted by atomic mass is 10.0. The molecule has 1 aromatic carbocycles. The van der Waals surface area contributed by atoms with Crippen LogP contribution in [0.15, 0.2) is 18.2 Å². The third-order valence-electron chi connectivity index (χ3n) is 3.03. The Labute approximate surface area is 129 Å². The molecule has 19 heavy (non-hydrogen) atoms. The molecule has 1 aliphatic rings. The minimum atomic E-state index is -2.85. The van der Waals surface area contributed by atoms with Crippen LogP contribution in [0.25, 0.3) is 0 Å². The Kier molecular flexibility index (Phi) is 4.44. The lowest BCUT2D eigenvalue weighted by Gasteiger charge is -2.37. The maximum absolute atomic E-state index is 6.01. The number of ether oxygens (including phenoxy) is 2. The zero-order valence-corrected chi connectivity index (χ0v) is 14.4. The fourth-order valence-electron chi connectivity index (χ4n) is 2.30. The van der Waals surface area contributed by atoms with Gasteiger partial charge in [-0.25, -0.2) is 0 Å². The topological polar surface area (TPSA) is 18.5 Å². The van der Waals surface area contributed by atoms with Crippen molar-refractivity contribution >= 4 is 44.4 Å². The van der Waals surface area contributed by atoms with Crippen LogP contribution >= 0.6 is 33.2 Å². The van der Waals surface area contributed by atoms with Crippen LogP contribution in [0.3, 0.4) is 0 Å². The molecule has 0 saturated heterocycles. The van der Waals surface area contributed by atoms with Crippen LogP contribution in [0.1, 0.15) is 32.8 Å². The average Bonchev–Trinajstić information content (AvgIpc) is 2.25. The third kappa shape index (κ3) is 3.79. The number of hydrogen-bond donors (Lipinski definition) is 0. The van der Waals surface area contributed by atoms with Gasteiger partial charge in [0.25, 0.3) is 0 Å². The van der Waals surface area contributed by atoms with E-state index in [0.717, 1.165) is 22.9 Å². The molecular weight excluding hydrogens is 323 g/mol. The normalized spacial score (nSPS) is 23.1. The van der Waals surface area contributed by atoms with E-state index in [2.05, 4.69) is 13.8 Å². The minimum Gasteiger partial charge on any atom is -0.462 e. The van der Waals surface area contributed by atoms with Gasteiger partial charge in [-0.2, -0.15) is 0 Å². The first-order valence-corrected chi connectivity index (χ1v) is 11.3. The second-order valence-corrected chi connectivity index (χ2v) is 13.9. The highest BCUT2D eigenvalue weighted by atomic mass is 35.8. The zero-order valence-electron chi connectivity index (χ0n) is 11.2. The fraction of sp³-hybridized carbons (Fsp3) is 0.538. The molecule has 1 aliphatic heterocycles. The second kappa shape index (κ2) is 5.45. The molecule has 1 unspecified atom stereocenters. The van der Waals surface area contributed by atoms with E-state index in [1.165, 1.54) is 0 Å². The van der Waals surface area contributed by atoms with Gasteiger partial charge in [0.1, 0.15) is 5.75 Å². The van der Waals surface area contributed by atoms with Gasteiger partial charge in [0, 0.05) is 18.9 Å². The minimum absolute atomic E-state index is 0.488. The summed E-state index contributed by atoms with van der Waals surface area (Å²) >= 11 is 18.0. The molecule has 0 spiro atoms. The van der Waals surface area contributed by atoms with Crippen molar-refractivity contribution in [1.82, 2.24) is 0 Å². The van der Waals surface area contributed by atoms with Crippen molar-refractivity contribution in [3.8, 4) is 5.75 Å². The molecule has 1 aromatic rings. The lowest BCUT2D eigenvalue weighted by molar-refractivity contribution is -0.202. The number of benzene rings is 1. The maximum Gasteiger partial charge on any atom is 0.372 e. The van der Waals surface area contributed by atoms with Crippen molar-refractivity contribution in [1.29, 1.82) is 0 Å². The summed E-state index contributed by atoms with van der Waals surface area (Å²) in [5, 5.41) is 0.760. The van der Waals surface area contributed by atoms with E-state index in [4.69, 9.17) is 42.7 Å². The Hall–Kier alpha value is 0.0669. The summed E-state index contributed by atoms with van der Waals surface area (Å²) in [5.41, 5.74) is 0.942. The van der Waals surface area contributed by atoms with Gasteiger partial charge in [0.15, 0.2) is 0 Å². The SMILES string of the molecule is CC(C)CC1(C)OCc2cc([Si](Cl)(Cl)Cl)ccc2O1. The van der Waals surface area contributed by atoms with Gasteiger partial charge >= 0.3 is 6.00 Å². The van der Waals surface area contributed by atoms with Crippen molar-refractivity contribution in [3.05, 3.63) is 23.8 Å². The van der Waals surface area contributed by atoms with Crippen LogP contribution in [0.4, 0.5) is 0 Å². The van der Waals surface area contributed by atoms with Gasteiger partial charge in [-0.1, -0.05) is 26.0 Å². The molecule has 0 bridgehead atoms. The van der Waals surface area contributed by atoms with Crippen molar-refractivity contribution in [2.24, 2.45) is 5.92 Å². The highest BCUT2D eigenvalue weighted by molar-refractivity contribution is 7.69. The molecule has 0 aromatic heterocycles. The first kappa shape index (κ1) is 15.5. The third-order valence-corrected chi connectivity index (χ3v) is 5.96. The average molecular weight is 340 g/mol. The van der Waals surface area contributed by atoms with E-state index in [-0.39, 0.29) is 0 Å². The van der Waals surface area contributed by atoms with E-state index in [1.807, 2.05) is 25.1 Å². The molecule has 2 nitrogen and oxygen atoms in total. The molecule has 0 fully saturated rings. The smallest absolute Gasteiger partial charge is 0.372 e. The molecule has 2 rings (SSSR count). The summed E-state index contributed by atoms with van der Waals surface area (Å²) in [4.78, 5) is 0. The van der Waals surface area contributed by atoms with E-state index in [0.29, 0.717) is 12.5 Å². The molecule has 1 atom stereocenters. The van der Waals surface area contributed by atoms with Crippen molar-refractivity contribution in [3.63, 3.8) is 0 Å². The molecule has 106 valence electrons. The van der Waals surface area contributed by atoms with Gasteiger partial charge in [0.2, 0.25) is 5.79 Å². The Morgan fingerprint density at radius 2 is 2.00 bits per heavy atom. The van der Waals surface area contributed by atoms with Crippen molar-refractivity contribution in [2.75, 3.05) is 0 Å². The highest BCUT2D eigenvalue weighted by Crippen LogP contribution is 2.35. The lowest BCUT2D eigenvalue weighted by Crippen LogP contribution is -2.41. The zero-order chi connectivity index (χ0) is 14.3. The molecule has 0 saturated carbocycles. The van der Waals surface area contributed by atoms with Gasteiger partial charge in [-0.15, -0.1) is 33.2 Å². The molecule has 6 heteroatoms. The summed E-state index contributed by atoms with van der Waals surface area (Å²) in [6.07, 6.45) is 0.841. The molecule has 0 radical (unpaired) electrons. The van der Waals surface area contributed by atoms with E-state index < -0.39 is 11.8 Å². The van der Waals surface area contributed by atoms with Gasteiger partial charge in [-0.05, 0) is 17.2 Å². The van der Waals surface area contributed by atoms with Crippen LogP contribution in [0, 0.1) is 5.92 Å². The summed E-state index contributed by atoms with van der Waals surface area (Å²) in [6, 6.07) is 2.74. The van der Waals surface area contributed by atoms with Crippen LogP contribution < -0.4 is 9.92 Å². The van der Waals surface area contributed by atoms with Crippen LogP contribution in [-0.2, 0) is 11.3 Å². The largest absolute Gasteiger partial charge is 0.462 e. The molecule has 0 amide bonds. The van der Waals surface area contributed by atoms with Gasteiger partial charge < -0.3 is 9.47 Å². The Morgan fingerprint density at radius 1 is 1.32 bits per heavy atom. The van der Waals surface area contributed by atoms with Gasteiger partial charge in [0.05, 0.1) is 6.61 Å². The first-order valence-electron chi connectivity index (χ1n) is 6.23. The standard InChI is InChI=1S/C13H17Cl3O2Si/c1-9(2)7-13(3)17-8-10-6-11(19(14,15)16)4-5-12(10)18-13/h4-6,9H,7-8H2,1-3H3. The molecular formula is C13H17Cl3O2Si. The molecule has 0 aliphatic carbocycles. The predicted molar refractivity (Wildman–Crippen MR) is 82.7 cm³/mol. The maximum atomic E-state index is 6.01. The van der Waals surface area contributed by atoms with Gasteiger partial charge in [-0.3, -0.25) is 0 Å². The number of halogens is 3. The molecule has 0 N–H and O–H groups in total. The van der Waals surface area contributed by atoms with Crippen LogP contribution in [0.5, 0.6) is 5.75 Å². The fourth-order valence-corrected chi connectivity index (χ4v) is 3.97.